The van der Waals surface area contributed by atoms with Gasteiger partial charge in [0.05, 0.1) is 0 Å². The van der Waals surface area contributed by atoms with E-state index < -0.39 is 24.1 Å². The number of aliphatic hydroxyl groups excluding tert-OH is 2. The van der Waals surface area contributed by atoms with Gasteiger partial charge in [0.2, 0.25) is 0 Å². The third kappa shape index (κ3) is 6.11. The Morgan fingerprint density at radius 3 is 1.37 bits per heavy atom. The van der Waals surface area contributed by atoms with Crippen molar-refractivity contribution >= 4 is 11.9 Å². The molecule has 0 aliphatic heterocycles. The molecule has 0 unspecified atom stereocenters. The van der Waals surface area contributed by atoms with E-state index in [1.54, 1.807) is 0 Å². The number of hydrogen-bond donors (Lipinski definition) is 6. The lowest BCUT2D eigenvalue weighted by atomic mass is 10.1. The molecule has 0 fully saturated rings. The van der Waals surface area contributed by atoms with Crippen molar-refractivity contribution in [3.05, 3.63) is 70.8 Å². The fourth-order valence-corrected chi connectivity index (χ4v) is 3.45. The van der Waals surface area contributed by atoms with E-state index in [2.05, 4.69) is 48.5 Å². The molecule has 2 aromatic carbocycles. The number of fused-ring (bicyclic) bond motifs is 2. The van der Waals surface area contributed by atoms with E-state index in [0.29, 0.717) is 12.1 Å². The first-order valence-corrected chi connectivity index (χ1v) is 9.70. The molecule has 0 spiro atoms. The smallest absolute Gasteiger partial charge is 0.335 e. The average Bonchev–Trinajstić information content (AvgIpc) is 3.31. The lowest BCUT2D eigenvalue weighted by Gasteiger charge is -2.07. The molecule has 8 N–H and O–H groups in total. The third-order valence-electron chi connectivity index (χ3n) is 5.16. The molecule has 4 atom stereocenters. The van der Waals surface area contributed by atoms with Crippen molar-refractivity contribution in [1.29, 1.82) is 0 Å². The maximum atomic E-state index is 9.77. The number of nitrogens with two attached hydrogens (primary N) is 2. The van der Waals surface area contributed by atoms with Crippen LogP contribution in [-0.2, 0) is 22.4 Å². The van der Waals surface area contributed by atoms with Crippen molar-refractivity contribution in [3.8, 4) is 0 Å². The molecule has 2 aliphatic rings. The monoisotopic (exact) mass is 416 g/mol. The molecule has 0 heterocycles. The molecular weight excluding hydrogens is 388 g/mol. The van der Waals surface area contributed by atoms with E-state index in [9.17, 15) is 9.59 Å². The van der Waals surface area contributed by atoms with Crippen molar-refractivity contribution in [2.45, 2.75) is 50.0 Å². The zero-order valence-corrected chi connectivity index (χ0v) is 16.5. The number of aryl methyl sites for hydroxylation is 2. The van der Waals surface area contributed by atoms with Crippen molar-refractivity contribution in [2.75, 3.05) is 0 Å². The van der Waals surface area contributed by atoms with Gasteiger partial charge >= 0.3 is 11.9 Å². The first kappa shape index (κ1) is 23.5. The summed E-state index contributed by atoms with van der Waals surface area (Å²) in [5.41, 5.74) is 17.3. The zero-order chi connectivity index (χ0) is 22.3. The number of benzene rings is 2. The lowest BCUT2D eigenvalue weighted by Crippen LogP contribution is -2.39. The predicted octanol–water partition coefficient (Wildman–Crippen LogP) is 1.14. The Bertz CT molecular complexity index is 801. The molecule has 0 saturated heterocycles. The van der Waals surface area contributed by atoms with Crippen LogP contribution in [0.3, 0.4) is 0 Å². The first-order chi connectivity index (χ1) is 14.2. The highest BCUT2D eigenvalue weighted by Gasteiger charge is 2.29. The summed E-state index contributed by atoms with van der Waals surface area (Å²) in [5.74, 6) is -3.54. The molecule has 8 nitrogen and oxygen atoms in total. The van der Waals surface area contributed by atoms with Crippen LogP contribution in [0.15, 0.2) is 48.5 Å². The Morgan fingerprint density at radius 1 is 0.733 bits per heavy atom. The van der Waals surface area contributed by atoms with Gasteiger partial charge in [0.15, 0.2) is 12.2 Å². The summed E-state index contributed by atoms with van der Waals surface area (Å²) in [7, 11) is 0. The highest BCUT2D eigenvalue weighted by molar-refractivity contribution is 5.83. The van der Waals surface area contributed by atoms with Crippen LogP contribution in [0, 0.1) is 0 Å². The molecule has 0 aromatic heterocycles. The highest BCUT2D eigenvalue weighted by atomic mass is 16.4. The van der Waals surface area contributed by atoms with E-state index in [4.69, 9.17) is 31.9 Å². The van der Waals surface area contributed by atoms with Gasteiger partial charge in [-0.15, -0.1) is 0 Å². The topological polar surface area (TPSA) is 167 Å². The van der Waals surface area contributed by atoms with Crippen LogP contribution in [0.25, 0.3) is 0 Å². The summed E-state index contributed by atoms with van der Waals surface area (Å²) in [5, 5.41) is 32.5. The summed E-state index contributed by atoms with van der Waals surface area (Å²) >= 11 is 0. The van der Waals surface area contributed by atoms with Crippen LogP contribution in [0.5, 0.6) is 0 Å². The van der Waals surface area contributed by atoms with Crippen LogP contribution >= 0.6 is 0 Å². The average molecular weight is 416 g/mol. The van der Waals surface area contributed by atoms with Crippen LogP contribution in [-0.4, -0.2) is 44.6 Å². The van der Waals surface area contributed by atoms with Crippen molar-refractivity contribution < 1.29 is 30.0 Å². The summed E-state index contributed by atoms with van der Waals surface area (Å²) in [6.45, 7) is 0. The Morgan fingerprint density at radius 2 is 1.07 bits per heavy atom. The molecule has 2 aromatic rings. The Hall–Kier alpha value is -2.78. The number of aliphatic hydroxyl groups is 2. The number of aliphatic carboxylic acids is 2. The summed E-state index contributed by atoms with van der Waals surface area (Å²) in [4.78, 5) is 19.5. The van der Waals surface area contributed by atoms with E-state index >= 15 is 0 Å². The molecule has 30 heavy (non-hydrogen) atoms. The largest absolute Gasteiger partial charge is 0.479 e. The molecule has 4 rings (SSSR count). The van der Waals surface area contributed by atoms with Crippen LogP contribution in [0.2, 0.25) is 0 Å². The fraction of sp³-hybridized carbons (Fsp3) is 0.364. The number of carboxylic acid groups (broad SMARTS) is 2. The fourth-order valence-electron chi connectivity index (χ4n) is 3.45. The molecule has 8 heteroatoms. The number of carbonyl (C=O) groups is 2. The molecule has 162 valence electrons. The van der Waals surface area contributed by atoms with E-state index in [1.807, 2.05) is 0 Å². The third-order valence-corrected chi connectivity index (χ3v) is 5.16. The maximum absolute atomic E-state index is 9.77. The van der Waals surface area contributed by atoms with Gasteiger partial charge in [-0.3, -0.25) is 0 Å². The minimum atomic E-state index is -2.27. The molecule has 0 amide bonds. The van der Waals surface area contributed by atoms with Gasteiger partial charge in [-0.2, -0.15) is 0 Å². The summed E-state index contributed by atoms with van der Waals surface area (Å²) in [6, 6.07) is 17.5. The molecular formula is C22H28N2O6. The Labute approximate surface area is 174 Å². The minimum absolute atomic E-state index is 0.302. The molecule has 2 aliphatic carbocycles. The van der Waals surface area contributed by atoms with Crippen molar-refractivity contribution in [3.63, 3.8) is 0 Å². The Balaban J connectivity index is 0.000000160. The van der Waals surface area contributed by atoms with E-state index in [0.717, 1.165) is 25.7 Å². The van der Waals surface area contributed by atoms with Gasteiger partial charge in [-0.05, 0) is 47.9 Å². The van der Waals surface area contributed by atoms with Crippen molar-refractivity contribution in [1.82, 2.24) is 0 Å². The SMILES string of the molecule is N[C@@H]1CCc2ccccc21.N[C@@H]1CCc2ccccc21.O=C(O)[C@H](O)[C@@H](O)C(=O)O. The van der Waals surface area contributed by atoms with Gasteiger partial charge in [0.1, 0.15) is 0 Å². The number of hydrogen-bond acceptors (Lipinski definition) is 6. The summed E-state index contributed by atoms with van der Waals surface area (Å²) in [6.07, 6.45) is 0.0444. The predicted molar refractivity (Wildman–Crippen MR) is 111 cm³/mol. The van der Waals surface area contributed by atoms with Gasteiger partial charge in [0.25, 0.3) is 0 Å². The normalized spacial score (nSPS) is 20.4. The van der Waals surface area contributed by atoms with Crippen LogP contribution in [0.4, 0.5) is 0 Å². The quantitative estimate of drug-likeness (QED) is 0.433. The lowest BCUT2D eigenvalue weighted by molar-refractivity contribution is -0.165. The van der Waals surface area contributed by atoms with Crippen LogP contribution in [0.1, 0.15) is 47.2 Å². The first-order valence-electron chi connectivity index (χ1n) is 9.70. The molecule has 0 bridgehead atoms. The zero-order valence-electron chi connectivity index (χ0n) is 16.5. The van der Waals surface area contributed by atoms with E-state index in [-0.39, 0.29) is 0 Å². The van der Waals surface area contributed by atoms with Gasteiger partial charge in [-0.25, -0.2) is 9.59 Å². The second-order valence-electron chi connectivity index (χ2n) is 7.25. The van der Waals surface area contributed by atoms with E-state index in [1.165, 1.54) is 22.3 Å². The summed E-state index contributed by atoms with van der Waals surface area (Å²) < 4.78 is 0. The second kappa shape index (κ2) is 10.8. The Kier molecular flexibility index (Phi) is 8.49. The second-order valence-corrected chi connectivity index (χ2v) is 7.25. The van der Waals surface area contributed by atoms with Gasteiger partial charge in [-0.1, -0.05) is 48.5 Å². The number of rotatable bonds is 3. The van der Waals surface area contributed by atoms with Gasteiger partial charge < -0.3 is 31.9 Å². The maximum Gasteiger partial charge on any atom is 0.335 e. The highest BCUT2D eigenvalue weighted by Crippen LogP contribution is 2.28. The molecule has 0 saturated carbocycles. The molecule has 0 radical (unpaired) electrons. The van der Waals surface area contributed by atoms with Gasteiger partial charge in [0, 0.05) is 12.1 Å². The minimum Gasteiger partial charge on any atom is -0.479 e. The van der Waals surface area contributed by atoms with Crippen molar-refractivity contribution in [2.24, 2.45) is 11.5 Å². The van der Waals surface area contributed by atoms with Crippen LogP contribution < -0.4 is 11.5 Å². The standard InChI is InChI=1S/2C9H11N.C4H6O6/c2*10-9-6-5-7-3-1-2-4-8(7)9;5-1(3(7)8)2(6)4(9)10/h2*1-4,9H,5-6,10H2;1-2,5-6H,(H,7,8)(H,9,10)/t2*9-;1-,2-/m111/s1. The number of carboxylic acids is 2.